The number of anilines is 2. The minimum atomic E-state index is -4.03. The fourth-order valence-corrected chi connectivity index (χ4v) is 4.18. The first-order chi connectivity index (χ1) is 15.3. The Morgan fingerprint density at radius 1 is 1.41 bits per heavy atom. The molecule has 1 amide bonds. The Balaban J connectivity index is 1.79. The van der Waals surface area contributed by atoms with Crippen LogP contribution in [0.2, 0.25) is 0 Å². The van der Waals surface area contributed by atoms with Crippen LogP contribution < -0.4 is 25.7 Å². The molecule has 1 radical (unpaired) electrons. The van der Waals surface area contributed by atoms with E-state index in [1.807, 2.05) is 0 Å². The summed E-state index contributed by atoms with van der Waals surface area (Å²) in [4.78, 5) is 16.2. The third kappa shape index (κ3) is 5.29. The molecule has 0 bridgehead atoms. The zero-order chi connectivity index (χ0) is 23.3. The number of nitrogens with two attached hydrogens (primary N) is 1. The van der Waals surface area contributed by atoms with Gasteiger partial charge >= 0.3 is 170 Å². The molecule has 2 heterocycles. The van der Waals surface area contributed by atoms with E-state index in [0.717, 1.165) is 0 Å². The second kappa shape index (κ2) is 10.3. The van der Waals surface area contributed by atoms with Crippen molar-refractivity contribution in [1.29, 1.82) is 0 Å². The van der Waals surface area contributed by atoms with E-state index in [1.54, 1.807) is 25.1 Å². The molecule has 1 aromatic carbocycles. The zero-order valence-electron chi connectivity index (χ0n) is 17.4. The molecule has 0 spiro atoms. The average molecular weight is 509 g/mol. The number of aliphatic hydroxyl groups excluding tert-OH is 1. The molecule has 1 atom stereocenters. The normalized spacial score (nSPS) is 11.7. The summed E-state index contributed by atoms with van der Waals surface area (Å²) in [5.41, 5.74) is 7.28. The predicted molar refractivity (Wildman–Crippen MR) is 120 cm³/mol. The summed E-state index contributed by atoms with van der Waals surface area (Å²) in [7, 11) is 1.49. The standard InChI is InChI=1S/C21H22F2N5O3Se/c1-13(29)12-27-20(30)14-5-6-18(31-2)16(10-14)25-7-3-4-15-11-17-19(24)26-8-9-28(17)21(15)32(22)23/h5-6,8-11,13,25,29H,7,12H2,1-2H3,(H2,24,26)(H,27,30). The first kappa shape index (κ1) is 23.3. The number of benzene rings is 1. The van der Waals surface area contributed by atoms with Crippen molar-refractivity contribution >= 4 is 42.3 Å². The summed E-state index contributed by atoms with van der Waals surface area (Å²) < 4.78 is 33.9. The van der Waals surface area contributed by atoms with Gasteiger partial charge in [0.1, 0.15) is 0 Å². The summed E-state index contributed by atoms with van der Waals surface area (Å²) in [5, 5.41) is 15.0. The molecule has 169 valence electrons. The monoisotopic (exact) mass is 510 g/mol. The van der Waals surface area contributed by atoms with Gasteiger partial charge in [-0.1, -0.05) is 0 Å². The Labute approximate surface area is 188 Å². The van der Waals surface area contributed by atoms with E-state index in [2.05, 4.69) is 27.5 Å². The molecule has 0 saturated carbocycles. The van der Waals surface area contributed by atoms with Crippen LogP contribution in [0.5, 0.6) is 5.75 Å². The van der Waals surface area contributed by atoms with Gasteiger partial charge in [0.15, 0.2) is 0 Å². The number of ether oxygens (including phenoxy) is 1. The SMILES string of the molecule is COc1ccc(C(=O)NCC(C)O)cc1NCC#Cc1cc2c(N)nccn2c1[Se](F)F. The van der Waals surface area contributed by atoms with Crippen LogP contribution in [-0.4, -0.2) is 61.5 Å². The Morgan fingerprint density at radius 2 is 2.19 bits per heavy atom. The Bertz CT molecular complexity index is 1190. The summed E-state index contributed by atoms with van der Waals surface area (Å²) in [6.07, 6.45) is 2.15. The van der Waals surface area contributed by atoms with E-state index >= 15 is 0 Å². The molecule has 0 fully saturated rings. The molecule has 8 nitrogen and oxygen atoms in total. The summed E-state index contributed by atoms with van der Waals surface area (Å²) >= 11 is -4.03. The molecule has 3 aromatic rings. The van der Waals surface area contributed by atoms with Crippen molar-refractivity contribution in [3.8, 4) is 17.6 Å². The van der Waals surface area contributed by atoms with Crippen LogP contribution in [-0.2, 0) is 0 Å². The first-order valence-electron chi connectivity index (χ1n) is 9.51. The number of aromatic nitrogens is 2. The third-order valence-corrected chi connectivity index (χ3v) is 5.93. The number of nitrogens with zero attached hydrogens (tertiary/aromatic N) is 2. The van der Waals surface area contributed by atoms with E-state index in [4.69, 9.17) is 10.5 Å². The molecule has 0 saturated heterocycles. The third-order valence-electron chi connectivity index (χ3n) is 4.44. The maximum atomic E-state index is 13.7. The van der Waals surface area contributed by atoms with E-state index < -0.39 is 20.9 Å². The molecular formula is C21H22F2N5O3Se. The number of nitrogen functional groups attached to an aromatic ring is 1. The molecule has 5 N–H and O–H groups in total. The van der Waals surface area contributed by atoms with Crippen molar-refractivity contribution < 1.29 is 21.7 Å². The molecule has 1 unspecified atom stereocenters. The van der Waals surface area contributed by atoms with E-state index in [1.165, 1.54) is 30.0 Å². The summed E-state index contributed by atoms with van der Waals surface area (Å²) in [6.45, 7) is 1.82. The van der Waals surface area contributed by atoms with Crippen LogP contribution in [0.15, 0.2) is 36.7 Å². The van der Waals surface area contributed by atoms with Gasteiger partial charge in [-0.25, -0.2) is 0 Å². The molecular weight excluding hydrogens is 487 g/mol. The Morgan fingerprint density at radius 3 is 2.88 bits per heavy atom. The Hall–Kier alpha value is -3.32. The van der Waals surface area contributed by atoms with Crippen molar-refractivity contribution in [3.63, 3.8) is 0 Å². The number of aliphatic hydroxyl groups is 1. The van der Waals surface area contributed by atoms with Crippen LogP contribution in [0.3, 0.4) is 0 Å². The van der Waals surface area contributed by atoms with Crippen LogP contribution in [0.25, 0.3) is 5.52 Å². The van der Waals surface area contributed by atoms with Crippen molar-refractivity contribution in [2.24, 2.45) is 0 Å². The quantitative estimate of drug-likeness (QED) is 0.281. The van der Waals surface area contributed by atoms with Gasteiger partial charge < -0.3 is 5.11 Å². The maximum absolute atomic E-state index is 13.7. The summed E-state index contributed by atoms with van der Waals surface area (Å²) in [5.74, 6) is 5.90. The van der Waals surface area contributed by atoms with Gasteiger partial charge in [0.25, 0.3) is 0 Å². The summed E-state index contributed by atoms with van der Waals surface area (Å²) in [6, 6.07) is 6.32. The van der Waals surface area contributed by atoms with E-state index in [-0.39, 0.29) is 35.0 Å². The van der Waals surface area contributed by atoms with Gasteiger partial charge in [-0.2, -0.15) is 0 Å². The number of fused-ring (bicyclic) bond motifs is 1. The van der Waals surface area contributed by atoms with Crippen molar-refractivity contribution in [2.45, 2.75) is 13.0 Å². The van der Waals surface area contributed by atoms with Crippen molar-refractivity contribution in [3.05, 3.63) is 47.8 Å². The van der Waals surface area contributed by atoms with E-state index in [9.17, 15) is 17.0 Å². The number of nitrogens with one attached hydrogen (secondary N) is 2. The molecule has 32 heavy (non-hydrogen) atoms. The van der Waals surface area contributed by atoms with Crippen LogP contribution >= 0.6 is 0 Å². The molecule has 3 rings (SSSR count). The first-order valence-corrected chi connectivity index (χ1v) is 11.7. The molecule has 0 aliphatic carbocycles. The number of amides is 1. The van der Waals surface area contributed by atoms with Crippen molar-refractivity contribution in [1.82, 2.24) is 14.7 Å². The van der Waals surface area contributed by atoms with Crippen LogP contribution in [0, 0.1) is 11.8 Å². The number of carbonyl (C=O) groups excluding carboxylic acids is 1. The number of carbonyl (C=O) groups is 1. The second-order valence-electron chi connectivity index (χ2n) is 6.77. The number of hydrogen-bond donors (Lipinski definition) is 4. The number of hydrogen-bond acceptors (Lipinski definition) is 6. The Kier molecular flexibility index (Phi) is 7.53. The van der Waals surface area contributed by atoms with Gasteiger partial charge in [-0.3, -0.25) is 0 Å². The van der Waals surface area contributed by atoms with Gasteiger partial charge in [0.2, 0.25) is 0 Å². The van der Waals surface area contributed by atoms with Crippen molar-refractivity contribution in [2.75, 3.05) is 31.2 Å². The number of rotatable bonds is 7. The fourth-order valence-electron chi connectivity index (χ4n) is 2.95. The predicted octanol–water partition coefficient (Wildman–Crippen LogP) is 1.13. The van der Waals surface area contributed by atoms with Crippen LogP contribution in [0.1, 0.15) is 22.8 Å². The molecule has 0 aliphatic rings. The topological polar surface area (TPSA) is 114 Å². The van der Waals surface area contributed by atoms with Gasteiger partial charge in [0, 0.05) is 0 Å². The number of halogens is 2. The second-order valence-corrected chi connectivity index (χ2v) is 8.48. The molecule has 11 heteroatoms. The minimum absolute atomic E-state index is 0.123. The van der Waals surface area contributed by atoms with Gasteiger partial charge in [-0.15, -0.1) is 0 Å². The average Bonchev–Trinajstić information content (AvgIpc) is 3.15. The number of methoxy groups -OCH3 is 1. The van der Waals surface area contributed by atoms with Gasteiger partial charge in [-0.05, 0) is 6.92 Å². The van der Waals surface area contributed by atoms with Crippen LogP contribution in [0.4, 0.5) is 18.6 Å². The molecule has 2 aromatic heterocycles. The van der Waals surface area contributed by atoms with E-state index in [0.29, 0.717) is 22.5 Å². The zero-order valence-corrected chi connectivity index (χ0v) is 19.1. The molecule has 0 aliphatic heterocycles. The fraction of sp³-hybridized carbons (Fsp3) is 0.238. The van der Waals surface area contributed by atoms with Gasteiger partial charge in [0.05, 0.1) is 6.10 Å².